The van der Waals surface area contributed by atoms with Crippen LogP contribution in [-0.4, -0.2) is 30.7 Å². The van der Waals surface area contributed by atoms with Crippen molar-refractivity contribution < 1.29 is 24.2 Å². The quantitative estimate of drug-likeness (QED) is 0.849. The van der Waals surface area contributed by atoms with Gasteiger partial charge >= 0.3 is 5.97 Å². The van der Waals surface area contributed by atoms with Gasteiger partial charge in [-0.3, -0.25) is 4.79 Å². The number of benzene rings is 2. The van der Waals surface area contributed by atoms with Crippen LogP contribution in [0, 0.1) is 6.92 Å². The zero-order chi connectivity index (χ0) is 17.7. The number of amides is 1. The smallest absolute Gasteiger partial charge is 0.337 e. The third-order valence-corrected chi connectivity index (χ3v) is 3.47. The van der Waals surface area contributed by atoms with Crippen LogP contribution in [0.4, 0.5) is 5.69 Å². The van der Waals surface area contributed by atoms with E-state index in [0.29, 0.717) is 23.7 Å². The monoisotopic (exact) mass is 329 g/mol. The highest BCUT2D eigenvalue weighted by molar-refractivity contribution is 6.08. The SMILES string of the molecule is CCOc1cc(C(=O)O)c(NC(=O)c2ccccc2C)cc1OC. The number of carbonyl (C=O) groups is 2. The van der Waals surface area contributed by atoms with E-state index in [1.54, 1.807) is 19.1 Å². The van der Waals surface area contributed by atoms with E-state index >= 15 is 0 Å². The summed E-state index contributed by atoms with van der Waals surface area (Å²) in [6.07, 6.45) is 0. The van der Waals surface area contributed by atoms with Gasteiger partial charge in [0.1, 0.15) is 0 Å². The van der Waals surface area contributed by atoms with Crippen LogP contribution >= 0.6 is 0 Å². The summed E-state index contributed by atoms with van der Waals surface area (Å²) >= 11 is 0. The number of nitrogens with one attached hydrogen (secondary N) is 1. The van der Waals surface area contributed by atoms with E-state index in [1.807, 2.05) is 19.1 Å². The van der Waals surface area contributed by atoms with Crippen molar-refractivity contribution in [1.82, 2.24) is 0 Å². The van der Waals surface area contributed by atoms with Gasteiger partial charge < -0.3 is 19.9 Å². The molecule has 2 rings (SSSR count). The molecule has 0 saturated heterocycles. The first-order valence-corrected chi connectivity index (χ1v) is 7.43. The number of anilines is 1. The van der Waals surface area contributed by atoms with E-state index in [9.17, 15) is 14.7 Å². The van der Waals surface area contributed by atoms with E-state index in [2.05, 4.69) is 5.32 Å². The molecule has 24 heavy (non-hydrogen) atoms. The molecule has 0 fully saturated rings. The van der Waals surface area contributed by atoms with Gasteiger partial charge in [0.15, 0.2) is 11.5 Å². The molecule has 0 aliphatic carbocycles. The van der Waals surface area contributed by atoms with Crippen molar-refractivity contribution in [3.63, 3.8) is 0 Å². The first kappa shape index (κ1) is 17.3. The third-order valence-electron chi connectivity index (χ3n) is 3.47. The molecule has 0 radical (unpaired) electrons. The van der Waals surface area contributed by atoms with Crippen molar-refractivity contribution in [2.24, 2.45) is 0 Å². The lowest BCUT2D eigenvalue weighted by molar-refractivity contribution is 0.0697. The number of hydrogen-bond donors (Lipinski definition) is 2. The second-order valence-corrected chi connectivity index (χ2v) is 5.06. The maximum absolute atomic E-state index is 12.4. The number of carboxylic acids is 1. The van der Waals surface area contributed by atoms with Crippen LogP contribution in [0.5, 0.6) is 11.5 Å². The molecule has 0 heterocycles. The average Bonchev–Trinajstić information content (AvgIpc) is 2.56. The average molecular weight is 329 g/mol. The Bertz CT molecular complexity index is 770. The lowest BCUT2D eigenvalue weighted by Crippen LogP contribution is -2.16. The summed E-state index contributed by atoms with van der Waals surface area (Å²) in [6.45, 7) is 3.96. The predicted octanol–water partition coefficient (Wildman–Crippen LogP) is 3.35. The molecule has 6 nitrogen and oxygen atoms in total. The Hall–Kier alpha value is -3.02. The van der Waals surface area contributed by atoms with Crippen molar-refractivity contribution >= 4 is 17.6 Å². The van der Waals surface area contributed by atoms with Gasteiger partial charge in [0.25, 0.3) is 5.91 Å². The summed E-state index contributed by atoms with van der Waals surface area (Å²) in [6, 6.07) is 9.86. The van der Waals surface area contributed by atoms with Crippen molar-refractivity contribution in [1.29, 1.82) is 0 Å². The number of carbonyl (C=O) groups excluding carboxylic acids is 1. The number of ether oxygens (including phenoxy) is 2. The second-order valence-electron chi connectivity index (χ2n) is 5.06. The summed E-state index contributed by atoms with van der Waals surface area (Å²) in [4.78, 5) is 24.0. The zero-order valence-electron chi connectivity index (χ0n) is 13.8. The fourth-order valence-corrected chi connectivity index (χ4v) is 2.29. The van der Waals surface area contributed by atoms with Crippen LogP contribution in [0.2, 0.25) is 0 Å². The number of hydrogen-bond acceptors (Lipinski definition) is 4. The molecule has 0 aliphatic heterocycles. The minimum absolute atomic E-state index is 0.0683. The van der Waals surface area contributed by atoms with Crippen molar-refractivity contribution in [2.45, 2.75) is 13.8 Å². The van der Waals surface area contributed by atoms with E-state index in [0.717, 1.165) is 5.56 Å². The topological polar surface area (TPSA) is 84.9 Å². The van der Waals surface area contributed by atoms with Gasteiger partial charge in [-0.1, -0.05) is 18.2 Å². The molecule has 126 valence electrons. The Kier molecular flexibility index (Phi) is 5.42. The first-order chi connectivity index (χ1) is 11.5. The van der Waals surface area contributed by atoms with Crippen molar-refractivity contribution in [2.75, 3.05) is 19.0 Å². The van der Waals surface area contributed by atoms with Crippen molar-refractivity contribution in [3.8, 4) is 11.5 Å². The fourth-order valence-electron chi connectivity index (χ4n) is 2.29. The molecular formula is C18H19NO5. The molecule has 0 saturated carbocycles. The molecule has 0 bridgehead atoms. The Morgan fingerprint density at radius 3 is 2.42 bits per heavy atom. The van der Waals surface area contributed by atoms with Gasteiger partial charge in [-0.2, -0.15) is 0 Å². The highest BCUT2D eigenvalue weighted by Gasteiger charge is 2.19. The highest BCUT2D eigenvalue weighted by atomic mass is 16.5. The van der Waals surface area contributed by atoms with Gasteiger partial charge in [-0.25, -0.2) is 4.79 Å². The summed E-state index contributed by atoms with van der Waals surface area (Å²) in [5, 5.41) is 12.1. The first-order valence-electron chi connectivity index (χ1n) is 7.43. The summed E-state index contributed by atoms with van der Waals surface area (Å²) in [5.74, 6) is -0.895. The standard InChI is InChI=1S/C18H19NO5/c1-4-24-16-9-13(18(21)22)14(10-15(16)23-3)19-17(20)12-8-6-5-7-11(12)2/h5-10H,4H2,1-3H3,(H,19,20)(H,21,22). The molecule has 0 aromatic heterocycles. The summed E-state index contributed by atoms with van der Waals surface area (Å²) < 4.78 is 10.6. The van der Waals surface area contributed by atoms with E-state index in [4.69, 9.17) is 9.47 Å². The lowest BCUT2D eigenvalue weighted by atomic mass is 10.1. The third kappa shape index (κ3) is 3.65. The van der Waals surface area contributed by atoms with E-state index in [-0.39, 0.29) is 17.2 Å². The zero-order valence-corrected chi connectivity index (χ0v) is 13.8. The van der Waals surface area contributed by atoms with Crippen LogP contribution in [0.25, 0.3) is 0 Å². The fraction of sp³-hybridized carbons (Fsp3) is 0.222. The summed E-state index contributed by atoms with van der Waals surface area (Å²) in [7, 11) is 1.45. The predicted molar refractivity (Wildman–Crippen MR) is 90.3 cm³/mol. The van der Waals surface area contributed by atoms with E-state index < -0.39 is 5.97 Å². The maximum Gasteiger partial charge on any atom is 0.337 e. The molecule has 2 N–H and O–H groups in total. The van der Waals surface area contributed by atoms with Gasteiger partial charge in [0, 0.05) is 17.7 Å². The molecule has 6 heteroatoms. The molecule has 2 aromatic carbocycles. The Balaban J connectivity index is 2.43. The molecule has 0 unspecified atom stereocenters. The molecule has 0 aliphatic rings. The number of aromatic carboxylic acids is 1. The molecule has 2 aromatic rings. The number of carboxylic acid groups (broad SMARTS) is 1. The largest absolute Gasteiger partial charge is 0.493 e. The molecular weight excluding hydrogens is 310 g/mol. The van der Waals surface area contributed by atoms with Gasteiger partial charge in [-0.05, 0) is 25.5 Å². The molecule has 0 spiro atoms. The van der Waals surface area contributed by atoms with Crippen LogP contribution in [0.15, 0.2) is 36.4 Å². The van der Waals surface area contributed by atoms with Gasteiger partial charge in [0.05, 0.1) is 25.0 Å². The van der Waals surface area contributed by atoms with Crippen LogP contribution < -0.4 is 14.8 Å². The van der Waals surface area contributed by atoms with Crippen molar-refractivity contribution in [3.05, 3.63) is 53.1 Å². The minimum atomic E-state index is -1.17. The number of rotatable bonds is 6. The highest BCUT2D eigenvalue weighted by Crippen LogP contribution is 2.34. The number of methoxy groups -OCH3 is 1. The summed E-state index contributed by atoms with van der Waals surface area (Å²) in [5.41, 5.74) is 1.35. The van der Waals surface area contributed by atoms with Gasteiger partial charge in [0.2, 0.25) is 0 Å². The lowest BCUT2D eigenvalue weighted by Gasteiger charge is -2.15. The normalized spacial score (nSPS) is 10.1. The molecule has 1 amide bonds. The van der Waals surface area contributed by atoms with Crippen LogP contribution in [0.1, 0.15) is 33.2 Å². The second kappa shape index (κ2) is 7.50. The van der Waals surface area contributed by atoms with Crippen LogP contribution in [0.3, 0.4) is 0 Å². The van der Waals surface area contributed by atoms with Crippen LogP contribution in [-0.2, 0) is 0 Å². The maximum atomic E-state index is 12.4. The van der Waals surface area contributed by atoms with E-state index in [1.165, 1.54) is 19.2 Å². The van der Waals surface area contributed by atoms with Gasteiger partial charge in [-0.15, -0.1) is 0 Å². The molecule has 0 atom stereocenters. The minimum Gasteiger partial charge on any atom is -0.493 e. The Morgan fingerprint density at radius 1 is 1.12 bits per heavy atom. The Labute approximate surface area is 140 Å². The Morgan fingerprint density at radius 2 is 1.83 bits per heavy atom. The number of aryl methyl sites for hydroxylation is 1.